The van der Waals surface area contributed by atoms with Crippen molar-refractivity contribution in [1.29, 1.82) is 0 Å². The van der Waals surface area contributed by atoms with Crippen molar-refractivity contribution in [1.82, 2.24) is 5.32 Å². The molecule has 0 saturated heterocycles. The van der Waals surface area contributed by atoms with Crippen molar-refractivity contribution >= 4 is 17.2 Å². The molecule has 0 aromatic rings. The highest BCUT2D eigenvalue weighted by atomic mass is 32.1. The monoisotopic (exact) mass is 143 g/mol. The molecule has 0 heterocycles. The van der Waals surface area contributed by atoms with Crippen LogP contribution in [0.25, 0.3) is 0 Å². The van der Waals surface area contributed by atoms with Crippen LogP contribution in [0, 0.1) is 5.92 Å². The van der Waals surface area contributed by atoms with E-state index >= 15 is 0 Å². The second kappa shape index (κ2) is 4.50. The highest BCUT2D eigenvalue weighted by molar-refractivity contribution is 7.80. The Balaban J connectivity index is 3.58. The first-order valence-electron chi connectivity index (χ1n) is 3.04. The van der Waals surface area contributed by atoms with Gasteiger partial charge in [0.05, 0.1) is 4.99 Å². The van der Waals surface area contributed by atoms with Gasteiger partial charge in [0, 0.05) is 13.0 Å². The highest BCUT2D eigenvalue weighted by Crippen LogP contribution is 2.02. The summed E-state index contributed by atoms with van der Waals surface area (Å²) in [7, 11) is 1.85. The van der Waals surface area contributed by atoms with E-state index in [2.05, 4.69) is 18.8 Å². The number of allylic oxidation sites excluding steroid dienone is 1. The lowest BCUT2D eigenvalue weighted by molar-refractivity contribution is 0.777. The van der Waals surface area contributed by atoms with Crippen molar-refractivity contribution in [2.75, 3.05) is 7.05 Å². The highest BCUT2D eigenvalue weighted by Gasteiger charge is 2.02. The molecule has 0 fully saturated rings. The molecule has 0 radical (unpaired) electrons. The van der Waals surface area contributed by atoms with Crippen molar-refractivity contribution in [3.63, 3.8) is 0 Å². The maximum absolute atomic E-state index is 4.98. The second-order valence-electron chi connectivity index (χ2n) is 2.04. The maximum Gasteiger partial charge on any atom is 0.0782 e. The van der Waals surface area contributed by atoms with Gasteiger partial charge in [0.1, 0.15) is 0 Å². The van der Waals surface area contributed by atoms with E-state index in [1.165, 1.54) is 0 Å². The van der Waals surface area contributed by atoms with Crippen molar-refractivity contribution < 1.29 is 0 Å². The standard InChI is InChI=1S/C7H13NS/c1-4-5-6(2)7(9)8-3/h4,6H,1,5H2,2-3H3,(H,8,9). The summed E-state index contributed by atoms with van der Waals surface area (Å²) in [6.45, 7) is 5.71. The number of hydrogen-bond acceptors (Lipinski definition) is 1. The van der Waals surface area contributed by atoms with Gasteiger partial charge in [0.15, 0.2) is 0 Å². The van der Waals surface area contributed by atoms with Gasteiger partial charge >= 0.3 is 0 Å². The molecular formula is C7H13NS. The van der Waals surface area contributed by atoms with Crippen molar-refractivity contribution in [3.05, 3.63) is 12.7 Å². The molecule has 0 aromatic heterocycles. The van der Waals surface area contributed by atoms with Crippen LogP contribution in [0.1, 0.15) is 13.3 Å². The molecule has 1 atom stereocenters. The van der Waals surface area contributed by atoms with Crippen LogP contribution in [0.5, 0.6) is 0 Å². The summed E-state index contributed by atoms with van der Waals surface area (Å²) in [5, 5.41) is 2.93. The predicted octanol–water partition coefficient (Wildman–Crippen LogP) is 1.75. The molecule has 0 aliphatic rings. The molecule has 1 nitrogen and oxygen atoms in total. The predicted molar refractivity (Wildman–Crippen MR) is 45.6 cm³/mol. The Hall–Kier alpha value is -0.370. The number of thiocarbonyl (C=S) groups is 1. The van der Waals surface area contributed by atoms with Gasteiger partial charge in [-0.25, -0.2) is 0 Å². The zero-order chi connectivity index (χ0) is 7.28. The minimum absolute atomic E-state index is 0.433. The molecule has 0 saturated carbocycles. The molecule has 1 N–H and O–H groups in total. The van der Waals surface area contributed by atoms with Gasteiger partial charge in [-0.15, -0.1) is 6.58 Å². The SMILES string of the molecule is C=CCC(C)C(=S)NC. The van der Waals surface area contributed by atoms with E-state index in [0.717, 1.165) is 11.4 Å². The van der Waals surface area contributed by atoms with Crippen LogP contribution in [0.4, 0.5) is 0 Å². The summed E-state index contributed by atoms with van der Waals surface area (Å²) in [4.78, 5) is 0.912. The average molecular weight is 143 g/mol. The Bertz CT molecular complexity index is 109. The molecular weight excluding hydrogens is 130 g/mol. The third-order valence-corrected chi connectivity index (χ3v) is 1.82. The quantitative estimate of drug-likeness (QED) is 0.477. The van der Waals surface area contributed by atoms with E-state index < -0.39 is 0 Å². The van der Waals surface area contributed by atoms with E-state index in [1.807, 2.05) is 13.1 Å². The van der Waals surface area contributed by atoms with Gasteiger partial charge in [-0.1, -0.05) is 25.2 Å². The molecule has 9 heavy (non-hydrogen) atoms. The molecule has 0 rings (SSSR count). The summed E-state index contributed by atoms with van der Waals surface area (Å²) in [5.74, 6) is 0.433. The minimum atomic E-state index is 0.433. The van der Waals surface area contributed by atoms with Crippen LogP contribution in [-0.4, -0.2) is 12.0 Å². The van der Waals surface area contributed by atoms with E-state index in [0.29, 0.717) is 5.92 Å². The Kier molecular flexibility index (Phi) is 4.32. The number of nitrogens with one attached hydrogen (secondary N) is 1. The molecule has 1 unspecified atom stereocenters. The Labute approximate surface area is 62.1 Å². The van der Waals surface area contributed by atoms with E-state index in [-0.39, 0.29) is 0 Å². The summed E-state index contributed by atoms with van der Waals surface area (Å²) >= 11 is 4.98. The first kappa shape index (κ1) is 8.63. The first-order valence-corrected chi connectivity index (χ1v) is 3.45. The summed E-state index contributed by atoms with van der Waals surface area (Å²) in [6.07, 6.45) is 2.84. The molecule has 0 aliphatic carbocycles. The molecule has 2 heteroatoms. The topological polar surface area (TPSA) is 12.0 Å². The fourth-order valence-corrected chi connectivity index (χ4v) is 0.700. The van der Waals surface area contributed by atoms with Gasteiger partial charge in [0.25, 0.3) is 0 Å². The smallest absolute Gasteiger partial charge is 0.0782 e. The zero-order valence-electron chi connectivity index (χ0n) is 5.98. The van der Waals surface area contributed by atoms with Crippen LogP contribution in [0.2, 0.25) is 0 Å². The molecule has 0 aliphatic heterocycles. The summed E-state index contributed by atoms with van der Waals surface area (Å²) in [5.41, 5.74) is 0. The van der Waals surface area contributed by atoms with Crippen LogP contribution < -0.4 is 5.32 Å². The maximum atomic E-state index is 4.98. The lowest BCUT2D eigenvalue weighted by Gasteiger charge is -2.08. The normalized spacial score (nSPS) is 12.2. The molecule has 0 aromatic carbocycles. The Morgan fingerprint density at radius 2 is 2.44 bits per heavy atom. The average Bonchev–Trinajstić information content (AvgIpc) is 1.87. The van der Waals surface area contributed by atoms with Crippen LogP contribution >= 0.6 is 12.2 Å². The first-order chi connectivity index (χ1) is 4.22. The van der Waals surface area contributed by atoms with Gasteiger partial charge in [0.2, 0.25) is 0 Å². The minimum Gasteiger partial charge on any atom is -0.383 e. The molecule has 52 valence electrons. The van der Waals surface area contributed by atoms with Crippen molar-refractivity contribution in [2.45, 2.75) is 13.3 Å². The third kappa shape index (κ3) is 3.25. The van der Waals surface area contributed by atoms with Gasteiger partial charge in [-0.05, 0) is 6.42 Å². The lowest BCUT2D eigenvalue weighted by Crippen LogP contribution is -2.22. The summed E-state index contributed by atoms with van der Waals surface area (Å²) in [6, 6.07) is 0. The van der Waals surface area contributed by atoms with Crippen molar-refractivity contribution in [3.8, 4) is 0 Å². The number of rotatable bonds is 3. The van der Waals surface area contributed by atoms with Gasteiger partial charge in [-0.2, -0.15) is 0 Å². The Morgan fingerprint density at radius 3 is 2.78 bits per heavy atom. The molecule has 0 bridgehead atoms. The fourth-order valence-electron chi connectivity index (χ4n) is 0.603. The van der Waals surface area contributed by atoms with E-state index in [4.69, 9.17) is 12.2 Å². The van der Waals surface area contributed by atoms with Crippen LogP contribution in [0.3, 0.4) is 0 Å². The number of hydrogen-bond donors (Lipinski definition) is 1. The van der Waals surface area contributed by atoms with Crippen molar-refractivity contribution in [2.24, 2.45) is 5.92 Å². The van der Waals surface area contributed by atoms with E-state index in [9.17, 15) is 0 Å². The van der Waals surface area contributed by atoms with Crippen LogP contribution in [-0.2, 0) is 0 Å². The van der Waals surface area contributed by atoms with Gasteiger partial charge in [-0.3, -0.25) is 0 Å². The largest absolute Gasteiger partial charge is 0.383 e. The fraction of sp³-hybridized carbons (Fsp3) is 0.571. The van der Waals surface area contributed by atoms with Crippen LogP contribution in [0.15, 0.2) is 12.7 Å². The second-order valence-corrected chi connectivity index (χ2v) is 2.48. The Morgan fingerprint density at radius 1 is 1.89 bits per heavy atom. The third-order valence-electron chi connectivity index (χ3n) is 1.21. The lowest BCUT2D eigenvalue weighted by atomic mass is 10.1. The molecule has 0 amide bonds. The zero-order valence-corrected chi connectivity index (χ0v) is 6.79. The molecule has 0 spiro atoms. The van der Waals surface area contributed by atoms with E-state index in [1.54, 1.807) is 0 Å². The summed E-state index contributed by atoms with van der Waals surface area (Å²) < 4.78 is 0. The van der Waals surface area contributed by atoms with Gasteiger partial charge < -0.3 is 5.32 Å².